The smallest absolute Gasteiger partial charge is 0.188 e. The van der Waals surface area contributed by atoms with Gasteiger partial charge in [0, 0.05) is 18.8 Å². The number of nitrogens with one attached hydrogen (secondary N) is 1. The molecule has 1 aliphatic rings. The van der Waals surface area contributed by atoms with Crippen molar-refractivity contribution in [2.45, 2.75) is 44.4 Å². The molecule has 5 N–H and O–H groups in total. The number of hydrogen-bond acceptors (Lipinski definition) is 5. The van der Waals surface area contributed by atoms with Gasteiger partial charge >= 0.3 is 0 Å². The molecule has 2 atom stereocenters. The minimum atomic E-state index is -0.265. The van der Waals surface area contributed by atoms with E-state index in [1.165, 1.54) is 0 Å². The van der Waals surface area contributed by atoms with E-state index >= 15 is 0 Å². The van der Waals surface area contributed by atoms with Crippen molar-refractivity contribution in [2.75, 3.05) is 0 Å². The lowest BCUT2D eigenvalue weighted by Crippen LogP contribution is -2.41. The summed E-state index contributed by atoms with van der Waals surface area (Å²) in [5, 5.41) is 24.8. The molecule has 0 amide bonds. The third kappa shape index (κ3) is 3.65. The van der Waals surface area contributed by atoms with Gasteiger partial charge in [0.2, 0.25) is 0 Å². The summed E-state index contributed by atoms with van der Waals surface area (Å²) >= 11 is 0. The van der Waals surface area contributed by atoms with Gasteiger partial charge in [0.25, 0.3) is 0 Å². The number of nitrogens with zero attached hydrogens (tertiary/aromatic N) is 2. The summed E-state index contributed by atoms with van der Waals surface area (Å²) in [6.07, 6.45) is 5.48. The molecule has 0 aliphatic heterocycles. The lowest BCUT2D eigenvalue weighted by molar-refractivity contribution is 0.0902. The van der Waals surface area contributed by atoms with Crippen LogP contribution in [-0.2, 0) is 6.54 Å². The minimum Gasteiger partial charge on any atom is -0.409 e. The number of hydrogen-bond donors (Lipinski definition) is 4. The molecule has 6 nitrogen and oxygen atoms in total. The van der Waals surface area contributed by atoms with Gasteiger partial charge in [-0.1, -0.05) is 18.0 Å². The number of aromatic nitrogens is 1. The Morgan fingerprint density at radius 1 is 1.47 bits per heavy atom. The summed E-state index contributed by atoms with van der Waals surface area (Å²) in [5.74, 6) is -0.000416. The topological polar surface area (TPSA) is 104 Å². The average molecular weight is 264 g/mol. The molecular formula is C13H20N4O2. The molecule has 0 bridgehead atoms. The van der Waals surface area contributed by atoms with Crippen LogP contribution in [0.5, 0.6) is 0 Å². The van der Waals surface area contributed by atoms with Gasteiger partial charge in [0.05, 0.1) is 6.10 Å². The highest BCUT2D eigenvalue weighted by molar-refractivity contribution is 5.95. The minimum absolute atomic E-state index is 0.000416. The molecule has 1 saturated carbocycles. The van der Waals surface area contributed by atoms with Gasteiger partial charge in [-0.2, -0.15) is 0 Å². The molecule has 1 fully saturated rings. The lowest BCUT2D eigenvalue weighted by atomic mass is 9.92. The molecule has 19 heavy (non-hydrogen) atoms. The van der Waals surface area contributed by atoms with Gasteiger partial charge in [-0.05, 0) is 30.5 Å². The molecule has 0 spiro atoms. The van der Waals surface area contributed by atoms with Gasteiger partial charge in [-0.3, -0.25) is 4.98 Å². The highest BCUT2D eigenvalue weighted by atomic mass is 16.4. The molecule has 1 aromatic rings. The molecule has 0 radical (unpaired) electrons. The molecule has 2 unspecified atom stereocenters. The van der Waals surface area contributed by atoms with E-state index in [4.69, 9.17) is 10.9 Å². The lowest BCUT2D eigenvalue weighted by Gasteiger charge is -2.28. The number of oxime groups is 1. The highest BCUT2D eigenvalue weighted by Gasteiger charge is 2.22. The zero-order valence-corrected chi connectivity index (χ0v) is 10.8. The van der Waals surface area contributed by atoms with Crippen LogP contribution < -0.4 is 11.1 Å². The van der Waals surface area contributed by atoms with E-state index in [0.717, 1.165) is 31.2 Å². The summed E-state index contributed by atoms with van der Waals surface area (Å²) < 4.78 is 0. The molecule has 104 valence electrons. The van der Waals surface area contributed by atoms with Crippen molar-refractivity contribution in [3.8, 4) is 0 Å². The van der Waals surface area contributed by atoms with Gasteiger partial charge < -0.3 is 21.4 Å². The van der Waals surface area contributed by atoms with Gasteiger partial charge in [0.15, 0.2) is 5.84 Å². The predicted octanol–water partition coefficient (Wildman–Crippen LogP) is 0.569. The van der Waals surface area contributed by atoms with Crippen molar-refractivity contribution >= 4 is 5.84 Å². The zero-order valence-electron chi connectivity index (χ0n) is 10.8. The van der Waals surface area contributed by atoms with E-state index in [1.54, 1.807) is 12.3 Å². The Kier molecular flexibility index (Phi) is 4.70. The molecule has 0 aromatic carbocycles. The van der Waals surface area contributed by atoms with Gasteiger partial charge in [-0.15, -0.1) is 0 Å². The summed E-state index contributed by atoms with van der Waals surface area (Å²) in [6.45, 7) is 0.635. The van der Waals surface area contributed by atoms with Crippen molar-refractivity contribution < 1.29 is 10.3 Å². The van der Waals surface area contributed by atoms with Crippen molar-refractivity contribution in [3.05, 3.63) is 29.6 Å². The Morgan fingerprint density at radius 2 is 2.26 bits per heavy atom. The number of aliphatic hydroxyl groups is 1. The largest absolute Gasteiger partial charge is 0.409 e. The van der Waals surface area contributed by atoms with Gasteiger partial charge in [0.1, 0.15) is 5.69 Å². The standard InChI is InChI=1S/C13H20N4O2/c14-13(17-19)11-7-9(5-6-15-11)8-16-10-3-1-2-4-12(10)18/h5-7,10,12,16,18-19H,1-4,8H2,(H2,14,17). The monoisotopic (exact) mass is 264 g/mol. The third-order valence-corrected chi connectivity index (χ3v) is 3.49. The van der Waals surface area contributed by atoms with E-state index < -0.39 is 0 Å². The fourth-order valence-corrected chi connectivity index (χ4v) is 2.37. The quantitative estimate of drug-likeness (QED) is 0.275. The molecule has 1 aliphatic carbocycles. The van der Waals surface area contributed by atoms with E-state index in [-0.39, 0.29) is 18.0 Å². The fraction of sp³-hybridized carbons (Fsp3) is 0.538. The Bertz CT molecular complexity index is 450. The highest BCUT2D eigenvalue weighted by Crippen LogP contribution is 2.18. The van der Waals surface area contributed by atoms with Crippen LogP contribution in [-0.4, -0.2) is 33.3 Å². The van der Waals surface area contributed by atoms with Crippen molar-refractivity contribution in [1.82, 2.24) is 10.3 Å². The summed E-state index contributed by atoms with van der Waals surface area (Å²) in [7, 11) is 0. The van der Waals surface area contributed by atoms with E-state index in [2.05, 4.69) is 15.5 Å². The Morgan fingerprint density at radius 3 is 3.00 bits per heavy atom. The maximum absolute atomic E-state index is 9.88. The van der Waals surface area contributed by atoms with Crippen LogP contribution in [0.25, 0.3) is 0 Å². The molecule has 2 rings (SSSR count). The first-order valence-electron chi connectivity index (χ1n) is 6.55. The first-order valence-corrected chi connectivity index (χ1v) is 6.55. The Balaban J connectivity index is 1.95. The SMILES string of the molecule is NC(=NO)c1cc(CNC2CCCCC2O)ccn1. The second-order valence-corrected chi connectivity index (χ2v) is 4.87. The van der Waals surface area contributed by atoms with E-state index in [0.29, 0.717) is 12.2 Å². The van der Waals surface area contributed by atoms with Crippen LogP contribution in [0.3, 0.4) is 0 Å². The van der Waals surface area contributed by atoms with Gasteiger partial charge in [-0.25, -0.2) is 0 Å². The number of aliphatic hydroxyl groups excluding tert-OH is 1. The fourth-order valence-electron chi connectivity index (χ4n) is 2.37. The molecule has 1 heterocycles. The summed E-state index contributed by atoms with van der Waals surface area (Å²) in [4.78, 5) is 4.03. The number of nitrogens with two attached hydrogens (primary N) is 1. The number of amidine groups is 1. The normalized spacial score (nSPS) is 24.4. The summed E-state index contributed by atoms with van der Waals surface area (Å²) in [6, 6.07) is 3.79. The molecule has 0 saturated heterocycles. The predicted molar refractivity (Wildman–Crippen MR) is 71.9 cm³/mol. The van der Waals surface area contributed by atoms with Crippen LogP contribution in [0.2, 0.25) is 0 Å². The molecule has 6 heteroatoms. The van der Waals surface area contributed by atoms with Crippen LogP contribution >= 0.6 is 0 Å². The second kappa shape index (κ2) is 6.49. The molecular weight excluding hydrogens is 244 g/mol. The Hall–Kier alpha value is -1.66. The van der Waals surface area contributed by atoms with E-state index in [9.17, 15) is 5.11 Å². The number of pyridine rings is 1. The molecule has 1 aromatic heterocycles. The maximum Gasteiger partial charge on any atom is 0.188 e. The van der Waals surface area contributed by atoms with Crippen LogP contribution in [0, 0.1) is 0 Å². The van der Waals surface area contributed by atoms with Crippen LogP contribution in [0.15, 0.2) is 23.5 Å². The van der Waals surface area contributed by atoms with Crippen molar-refractivity contribution in [3.63, 3.8) is 0 Å². The zero-order chi connectivity index (χ0) is 13.7. The third-order valence-electron chi connectivity index (χ3n) is 3.49. The first kappa shape index (κ1) is 13.8. The summed E-state index contributed by atoms with van der Waals surface area (Å²) in [5.41, 5.74) is 6.95. The van der Waals surface area contributed by atoms with E-state index in [1.807, 2.05) is 6.07 Å². The van der Waals surface area contributed by atoms with Crippen molar-refractivity contribution in [1.29, 1.82) is 0 Å². The van der Waals surface area contributed by atoms with Crippen molar-refractivity contribution in [2.24, 2.45) is 10.9 Å². The van der Waals surface area contributed by atoms with Crippen LogP contribution in [0.4, 0.5) is 0 Å². The maximum atomic E-state index is 9.88. The Labute approximate surface area is 112 Å². The second-order valence-electron chi connectivity index (χ2n) is 4.87. The van der Waals surface area contributed by atoms with Crippen LogP contribution in [0.1, 0.15) is 36.9 Å². The number of rotatable bonds is 4. The average Bonchev–Trinajstić information content (AvgIpc) is 2.46. The first-order chi connectivity index (χ1) is 9.20.